The molecule has 0 aliphatic heterocycles. The Hall–Kier alpha value is 0.855. The summed E-state index contributed by atoms with van der Waals surface area (Å²) in [6.45, 7) is 28.2. The molecule has 0 aromatic heterocycles. The molecule has 0 saturated heterocycles. The molecule has 0 amide bonds. The molecule has 0 spiro atoms. The maximum atomic E-state index is 2.50. The van der Waals surface area contributed by atoms with Crippen molar-refractivity contribution in [3.8, 4) is 22.3 Å². The van der Waals surface area contributed by atoms with E-state index < -0.39 is 59.3 Å². The van der Waals surface area contributed by atoms with Crippen molar-refractivity contribution in [3.05, 3.63) is 75.8 Å². The van der Waals surface area contributed by atoms with E-state index in [2.05, 4.69) is 170 Å². The molecule has 3 rings (SSSR count). The van der Waals surface area contributed by atoms with Gasteiger partial charge in [0.25, 0.3) is 0 Å². The van der Waals surface area contributed by atoms with Crippen LogP contribution in [-0.2, 0) is 0 Å². The molecule has 49 heavy (non-hydrogen) atoms. The van der Waals surface area contributed by atoms with Crippen LogP contribution >= 0.6 is 0 Å². The summed E-state index contributed by atoms with van der Waals surface area (Å²) < 4.78 is 1.50. The Labute approximate surface area is 342 Å². The normalized spacial score (nSPS) is 11.5. The summed E-state index contributed by atoms with van der Waals surface area (Å²) in [5.41, 5.74) is 14.8. The van der Waals surface area contributed by atoms with Gasteiger partial charge in [-0.05, 0) is 0 Å². The van der Waals surface area contributed by atoms with Crippen LogP contribution < -0.4 is 3.58 Å². The average molecular weight is 1090 g/mol. The molecule has 0 N–H and O–H groups in total. The fourth-order valence-corrected chi connectivity index (χ4v) is 6.69. The van der Waals surface area contributed by atoms with Gasteiger partial charge in [-0.1, -0.05) is 0 Å². The van der Waals surface area contributed by atoms with Crippen molar-refractivity contribution in [1.82, 2.24) is 0 Å². The number of benzene rings is 3. The first-order valence-corrected chi connectivity index (χ1v) is 46.1. The Bertz CT molecular complexity index is 1220. The van der Waals surface area contributed by atoms with Crippen molar-refractivity contribution in [2.24, 2.45) is 0 Å². The first-order valence-electron chi connectivity index (χ1n) is 19.0. The van der Waals surface area contributed by atoms with E-state index in [0.717, 1.165) is 0 Å². The van der Waals surface area contributed by atoms with E-state index in [1.807, 2.05) is 0 Å². The second-order valence-electron chi connectivity index (χ2n) is 17.3. The molecule has 6 radical (unpaired) electrons. The fourth-order valence-electron chi connectivity index (χ4n) is 5.50. The van der Waals surface area contributed by atoms with E-state index in [4.69, 9.17) is 0 Å². The van der Waals surface area contributed by atoms with Gasteiger partial charge in [0, 0.05) is 0 Å². The molecule has 0 bridgehead atoms. The third-order valence-electron chi connectivity index (χ3n) is 7.87. The first kappa shape index (κ1) is 49.9. The summed E-state index contributed by atoms with van der Waals surface area (Å²) in [4.78, 5) is 21.3. The van der Waals surface area contributed by atoms with E-state index in [9.17, 15) is 0 Å². The van der Waals surface area contributed by atoms with Crippen LogP contribution in [0.3, 0.4) is 0 Å². The standard InChI is InChI=1S/C36H49.9CH3.4Sn/c1-21(2)29-17-31(23(5)6)35(32(18-29)24(7)8)27-14-13-15-28(16-27)36-33(25(9)10)19-30(22(3)4)20-34(36)26(11)12;;;;;;;;;;;;;/h13-15,17-26H,1-12H3;9*1H3;;;;. The van der Waals surface area contributed by atoms with Crippen LogP contribution in [0.5, 0.6) is 0 Å². The fraction of sp³-hybridized carbons (Fsp3) is 0.600. The molecule has 0 fully saturated rings. The zero-order valence-corrected chi connectivity index (χ0v) is 47.4. The zero-order chi connectivity index (χ0) is 38.5. The van der Waals surface area contributed by atoms with Gasteiger partial charge in [-0.25, -0.2) is 0 Å². The summed E-state index contributed by atoms with van der Waals surface area (Å²) in [6, 6.07) is 17.1. The van der Waals surface area contributed by atoms with Gasteiger partial charge in [-0.3, -0.25) is 0 Å². The van der Waals surface area contributed by atoms with E-state index >= 15 is 0 Å². The van der Waals surface area contributed by atoms with Gasteiger partial charge < -0.3 is 0 Å². The molecule has 0 aliphatic carbocycles. The molecular formula is C45H76Sn4. The van der Waals surface area contributed by atoms with E-state index in [0.29, 0.717) is 35.5 Å². The van der Waals surface area contributed by atoms with Gasteiger partial charge >= 0.3 is 347 Å². The molecule has 3 aromatic carbocycles. The predicted octanol–water partition coefficient (Wildman–Crippen LogP) is 14.7. The second kappa shape index (κ2) is 24.3. The van der Waals surface area contributed by atoms with Gasteiger partial charge in [-0.15, -0.1) is 0 Å². The van der Waals surface area contributed by atoms with Crippen molar-refractivity contribution < 1.29 is 0 Å². The Morgan fingerprint density at radius 1 is 0.388 bits per heavy atom. The minimum absolute atomic E-state index is 0.479. The van der Waals surface area contributed by atoms with Gasteiger partial charge in [-0.2, -0.15) is 0 Å². The molecule has 0 heterocycles. The van der Waals surface area contributed by atoms with Crippen LogP contribution in [0.4, 0.5) is 0 Å². The van der Waals surface area contributed by atoms with Crippen LogP contribution in [0, 0.1) is 0 Å². The van der Waals surface area contributed by atoms with Crippen molar-refractivity contribution in [2.75, 3.05) is 0 Å². The van der Waals surface area contributed by atoms with Crippen LogP contribution in [0.2, 0.25) is 44.5 Å². The van der Waals surface area contributed by atoms with Gasteiger partial charge in [0.05, 0.1) is 0 Å². The summed E-state index contributed by atoms with van der Waals surface area (Å²) in [5.74, 6) is 2.98. The number of hydrogen-bond donors (Lipinski definition) is 0. The summed E-state index contributed by atoms with van der Waals surface area (Å²) in [7, 11) is 0. The summed E-state index contributed by atoms with van der Waals surface area (Å²) in [5, 5.41) is 0. The summed E-state index contributed by atoms with van der Waals surface area (Å²) in [6.07, 6.45) is 0. The molecular weight excluding hydrogens is 1020 g/mol. The molecule has 3 aromatic rings. The van der Waals surface area contributed by atoms with Crippen molar-refractivity contribution in [2.45, 2.75) is 163 Å². The predicted molar refractivity (Wildman–Crippen MR) is 237 cm³/mol. The van der Waals surface area contributed by atoms with Gasteiger partial charge in [0.2, 0.25) is 0 Å². The van der Waals surface area contributed by atoms with Gasteiger partial charge in [0.15, 0.2) is 0 Å². The first-order chi connectivity index (χ1) is 22.5. The Morgan fingerprint density at radius 3 is 0.755 bits per heavy atom. The zero-order valence-electron chi connectivity index (χ0n) is 36.0. The molecule has 4 heteroatoms. The van der Waals surface area contributed by atoms with Crippen molar-refractivity contribution in [1.29, 1.82) is 0 Å². The Morgan fingerprint density at radius 2 is 0.592 bits per heavy atom. The van der Waals surface area contributed by atoms with E-state index in [1.54, 1.807) is 0 Å². The third-order valence-corrected chi connectivity index (χ3v) is 9.41. The quantitative estimate of drug-likeness (QED) is 0.197. The van der Waals surface area contributed by atoms with Crippen molar-refractivity contribution in [3.63, 3.8) is 0 Å². The molecule has 0 unspecified atom stereocenters. The molecule has 0 aliphatic rings. The Kier molecular flexibility index (Phi) is 24.7. The van der Waals surface area contributed by atoms with Crippen LogP contribution in [0.25, 0.3) is 22.3 Å². The maximum absolute atomic E-state index is 2.50. The van der Waals surface area contributed by atoms with Crippen molar-refractivity contribution >= 4 is 85.4 Å². The SMILES string of the molecule is CC(C)c1cc(C(C)C)c(-c2cccc(-c3c(C(C)C)cc(C(C)C)cc3C(C)C)[c]2[Sn])c(C(C)C)c1.[CH3][Sn]([CH3])[CH3].[CH3][Sn]([CH3])[CH3].[CH3][Sn]([CH3])[CH3]. The van der Waals surface area contributed by atoms with E-state index in [1.165, 1.54) is 81.7 Å². The molecule has 0 atom stereocenters. The minimum atomic E-state index is -0.543. The number of rotatable bonds is 8. The molecule has 0 nitrogen and oxygen atoms in total. The van der Waals surface area contributed by atoms with Crippen LogP contribution in [-0.4, -0.2) is 81.8 Å². The van der Waals surface area contributed by atoms with Crippen LogP contribution in [0.15, 0.2) is 42.5 Å². The number of hydrogen-bond acceptors (Lipinski definition) is 0. The monoisotopic (exact) mass is 1100 g/mol. The Balaban J connectivity index is 0.00000166. The van der Waals surface area contributed by atoms with Gasteiger partial charge in [0.1, 0.15) is 0 Å². The second-order valence-corrected chi connectivity index (χ2v) is 44.4. The van der Waals surface area contributed by atoms with Crippen LogP contribution in [0.1, 0.15) is 152 Å². The summed E-state index contributed by atoms with van der Waals surface area (Å²) >= 11 is -0.144. The topological polar surface area (TPSA) is 0 Å². The average Bonchev–Trinajstić information content (AvgIpc) is 2.94. The molecule has 272 valence electrons. The van der Waals surface area contributed by atoms with E-state index in [-0.39, 0.29) is 0 Å². The molecule has 0 saturated carbocycles. The third kappa shape index (κ3) is 17.2.